The highest BCUT2D eigenvalue weighted by Gasteiger charge is 2.11. The Bertz CT molecular complexity index is 219. The fourth-order valence-corrected chi connectivity index (χ4v) is 4.13. The maximum atomic E-state index is 3.72. The van der Waals surface area contributed by atoms with Crippen LogP contribution in [0.15, 0.2) is 24.0 Å². The molecular weight excluding hydrogens is 280 g/mol. The van der Waals surface area contributed by atoms with E-state index in [1.807, 2.05) is 34.3 Å². The molecule has 1 aliphatic carbocycles. The summed E-state index contributed by atoms with van der Waals surface area (Å²) in [6.45, 7) is 12.0. The molecule has 0 aromatic carbocycles. The van der Waals surface area contributed by atoms with E-state index in [1.165, 1.54) is 63.5 Å². The average Bonchev–Trinajstić information content (AvgIpc) is 2.50. The van der Waals surface area contributed by atoms with Crippen LogP contribution in [-0.2, 0) is 0 Å². The fourth-order valence-electron chi connectivity index (χ4n) is 2.44. The first kappa shape index (κ1) is 20.2. The third-order valence-corrected chi connectivity index (χ3v) is 5.78. The molecule has 2 heteroatoms. The third kappa shape index (κ3) is 12.0. The molecule has 0 aromatic heterocycles. The molecule has 0 nitrogen and oxygen atoms in total. The molecule has 1 fully saturated rings. The van der Waals surface area contributed by atoms with Gasteiger partial charge in [0.15, 0.2) is 0 Å². The lowest BCUT2D eigenvalue weighted by Crippen LogP contribution is -2.06. The Morgan fingerprint density at radius 2 is 1.80 bits per heavy atom. The van der Waals surface area contributed by atoms with Crippen molar-refractivity contribution in [1.82, 2.24) is 0 Å². The van der Waals surface area contributed by atoms with E-state index >= 15 is 0 Å². The van der Waals surface area contributed by atoms with Crippen LogP contribution in [0.5, 0.6) is 0 Å². The molecule has 0 amide bonds. The van der Waals surface area contributed by atoms with E-state index in [-0.39, 0.29) is 0 Å². The van der Waals surface area contributed by atoms with Crippen LogP contribution in [0.25, 0.3) is 0 Å². The summed E-state index contributed by atoms with van der Waals surface area (Å²) in [6.07, 6.45) is 12.6. The summed E-state index contributed by atoms with van der Waals surface area (Å²) in [5.74, 6) is 2.18. The highest BCUT2D eigenvalue weighted by atomic mass is 32.2. The zero-order chi connectivity index (χ0) is 15.1. The van der Waals surface area contributed by atoms with Crippen molar-refractivity contribution in [3.63, 3.8) is 0 Å². The van der Waals surface area contributed by atoms with Crippen molar-refractivity contribution in [2.75, 3.05) is 5.75 Å². The number of unbranched alkanes of at least 4 members (excludes halogenated alkanes) is 1. The van der Waals surface area contributed by atoms with Gasteiger partial charge in [0.2, 0.25) is 0 Å². The Morgan fingerprint density at radius 1 is 1.10 bits per heavy atom. The lowest BCUT2D eigenvalue weighted by atomic mass is 10.0. The number of thioether (sulfide) groups is 2. The van der Waals surface area contributed by atoms with Gasteiger partial charge >= 0.3 is 0 Å². The highest BCUT2D eigenvalue weighted by molar-refractivity contribution is 8.02. The van der Waals surface area contributed by atoms with Gasteiger partial charge in [-0.25, -0.2) is 0 Å². The standard InChI is InChI=1S/C10H20S.C8H14S/c1-4-7-8-10(5-2)9-11-6-3;1-2-9-8-6-4-3-5-7-8/h6,10H,3-5,7-9H2,1-2H3;2,8H,1,3-7H2. The first-order valence-corrected chi connectivity index (χ1v) is 10.3. The second-order valence-corrected chi connectivity index (χ2v) is 7.75. The Balaban J connectivity index is 0.000000367. The lowest BCUT2D eigenvalue weighted by Gasteiger charge is -2.18. The zero-order valence-electron chi connectivity index (χ0n) is 13.6. The smallest absolute Gasteiger partial charge is 0.00882 e. The predicted octanol–water partition coefficient (Wildman–Crippen LogP) is 7.28. The molecule has 0 bridgehead atoms. The number of rotatable bonds is 9. The molecule has 0 N–H and O–H groups in total. The van der Waals surface area contributed by atoms with E-state index in [9.17, 15) is 0 Å². The van der Waals surface area contributed by atoms with Crippen LogP contribution < -0.4 is 0 Å². The van der Waals surface area contributed by atoms with Crippen LogP contribution in [0.4, 0.5) is 0 Å². The molecule has 1 unspecified atom stereocenters. The Kier molecular flexibility index (Phi) is 15.7. The molecular formula is C18H34S2. The monoisotopic (exact) mass is 314 g/mol. The van der Waals surface area contributed by atoms with Gasteiger partial charge in [-0.3, -0.25) is 0 Å². The maximum absolute atomic E-state index is 3.72. The van der Waals surface area contributed by atoms with Crippen molar-refractivity contribution in [2.45, 2.75) is 76.9 Å². The minimum Gasteiger partial charge on any atom is -0.134 e. The lowest BCUT2D eigenvalue weighted by molar-refractivity contribution is 0.500. The van der Waals surface area contributed by atoms with Crippen molar-refractivity contribution in [1.29, 1.82) is 0 Å². The van der Waals surface area contributed by atoms with Crippen molar-refractivity contribution >= 4 is 23.5 Å². The fraction of sp³-hybridized carbons (Fsp3) is 0.778. The molecule has 118 valence electrons. The van der Waals surface area contributed by atoms with E-state index < -0.39 is 0 Å². The molecule has 20 heavy (non-hydrogen) atoms. The van der Waals surface area contributed by atoms with Gasteiger partial charge < -0.3 is 0 Å². The Labute approximate surface area is 136 Å². The van der Waals surface area contributed by atoms with Crippen molar-refractivity contribution in [2.24, 2.45) is 5.92 Å². The molecule has 0 aromatic rings. The van der Waals surface area contributed by atoms with E-state index in [0.717, 1.165) is 11.2 Å². The largest absolute Gasteiger partial charge is 0.134 e. The molecule has 0 aliphatic heterocycles. The van der Waals surface area contributed by atoms with Crippen LogP contribution in [-0.4, -0.2) is 11.0 Å². The van der Waals surface area contributed by atoms with Gasteiger partial charge in [0, 0.05) is 11.0 Å². The van der Waals surface area contributed by atoms with E-state index in [4.69, 9.17) is 0 Å². The topological polar surface area (TPSA) is 0 Å². The minimum absolute atomic E-state index is 0.899. The summed E-state index contributed by atoms with van der Waals surface area (Å²) >= 11 is 3.77. The van der Waals surface area contributed by atoms with Gasteiger partial charge in [-0.05, 0) is 36.0 Å². The van der Waals surface area contributed by atoms with Crippen LogP contribution in [0.2, 0.25) is 0 Å². The third-order valence-electron chi connectivity index (χ3n) is 3.83. The molecule has 0 saturated heterocycles. The summed E-state index contributed by atoms with van der Waals surface area (Å²) < 4.78 is 0. The first-order valence-electron chi connectivity index (χ1n) is 8.27. The summed E-state index contributed by atoms with van der Waals surface area (Å²) in [4.78, 5) is 0. The SMILES string of the molecule is C=CSC1CCCCC1.C=CSCC(CC)CCCC. The average molecular weight is 315 g/mol. The van der Waals surface area contributed by atoms with Gasteiger partial charge in [-0.15, -0.1) is 23.5 Å². The minimum atomic E-state index is 0.899. The highest BCUT2D eigenvalue weighted by Crippen LogP contribution is 2.28. The van der Waals surface area contributed by atoms with Crippen LogP contribution in [0.3, 0.4) is 0 Å². The van der Waals surface area contributed by atoms with E-state index in [2.05, 4.69) is 27.0 Å². The Morgan fingerprint density at radius 3 is 2.30 bits per heavy atom. The van der Waals surface area contributed by atoms with Crippen LogP contribution in [0.1, 0.15) is 71.6 Å². The molecule has 0 spiro atoms. The van der Waals surface area contributed by atoms with Crippen molar-refractivity contribution < 1.29 is 0 Å². The number of hydrogen-bond donors (Lipinski definition) is 0. The number of hydrogen-bond acceptors (Lipinski definition) is 2. The summed E-state index contributed by atoms with van der Waals surface area (Å²) in [5.41, 5.74) is 0. The van der Waals surface area contributed by atoms with Crippen LogP contribution in [0, 0.1) is 5.92 Å². The van der Waals surface area contributed by atoms with Gasteiger partial charge in [0.25, 0.3) is 0 Å². The molecule has 0 radical (unpaired) electrons. The summed E-state index contributed by atoms with van der Waals surface area (Å²) in [5, 5.41) is 4.83. The molecule has 1 aliphatic rings. The van der Waals surface area contributed by atoms with Crippen molar-refractivity contribution in [3.05, 3.63) is 24.0 Å². The van der Waals surface area contributed by atoms with Gasteiger partial charge in [-0.2, -0.15) is 0 Å². The van der Waals surface area contributed by atoms with Gasteiger partial charge in [0.05, 0.1) is 0 Å². The predicted molar refractivity (Wildman–Crippen MR) is 101 cm³/mol. The van der Waals surface area contributed by atoms with Crippen molar-refractivity contribution in [3.8, 4) is 0 Å². The van der Waals surface area contributed by atoms with Gasteiger partial charge in [-0.1, -0.05) is 65.5 Å². The molecule has 0 heterocycles. The summed E-state index contributed by atoms with van der Waals surface area (Å²) in [7, 11) is 0. The first-order chi connectivity index (χ1) is 9.78. The van der Waals surface area contributed by atoms with E-state index in [1.54, 1.807) is 0 Å². The molecule has 1 saturated carbocycles. The van der Waals surface area contributed by atoms with Gasteiger partial charge in [0.1, 0.15) is 0 Å². The second kappa shape index (κ2) is 15.6. The quantitative estimate of drug-likeness (QED) is 0.438. The Hall–Kier alpha value is 0.180. The summed E-state index contributed by atoms with van der Waals surface area (Å²) in [6, 6.07) is 0. The normalized spacial score (nSPS) is 16.9. The molecule has 1 atom stereocenters. The van der Waals surface area contributed by atoms with Crippen LogP contribution >= 0.6 is 23.5 Å². The van der Waals surface area contributed by atoms with E-state index in [0.29, 0.717) is 0 Å². The molecule has 1 rings (SSSR count). The second-order valence-electron chi connectivity index (χ2n) is 5.48. The maximum Gasteiger partial charge on any atom is 0.00882 e. The zero-order valence-corrected chi connectivity index (χ0v) is 15.2.